The Kier molecular flexibility index (Phi) is 2.36. The molecule has 0 aliphatic carbocycles. The standard InChI is InChI=1S/C10H10BrNO/c11-8-2-1-3-9(6-8)12-5-4-10(13)7-12/h1-3,6H,4-5,7H2. The Morgan fingerprint density at radius 3 is 2.85 bits per heavy atom. The van der Waals surface area contributed by atoms with Crippen molar-refractivity contribution in [3.05, 3.63) is 28.7 Å². The van der Waals surface area contributed by atoms with E-state index < -0.39 is 0 Å². The largest absolute Gasteiger partial charge is 0.364 e. The van der Waals surface area contributed by atoms with E-state index in [0.29, 0.717) is 18.7 Å². The van der Waals surface area contributed by atoms with Gasteiger partial charge >= 0.3 is 0 Å². The molecular formula is C10H10BrNO. The quantitative estimate of drug-likeness (QED) is 0.750. The third-order valence-corrected chi connectivity index (χ3v) is 2.69. The van der Waals surface area contributed by atoms with Crippen molar-refractivity contribution in [2.24, 2.45) is 0 Å². The van der Waals surface area contributed by atoms with Gasteiger partial charge in [0.15, 0.2) is 5.78 Å². The molecule has 0 aromatic heterocycles. The second-order valence-corrected chi connectivity index (χ2v) is 4.11. The number of anilines is 1. The molecule has 0 unspecified atom stereocenters. The smallest absolute Gasteiger partial charge is 0.153 e. The second kappa shape index (κ2) is 3.50. The van der Waals surface area contributed by atoms with Crippen LogP contribution in [0, 0.1) is 0 Å². The van der Waals surface area contributed by atoms with Crippen molar-refractivity contribution in [2.75, 3.05) is 18.0 Å². The molecule has 0 amide bonds. The molecule has 1 fully saturated rings. The van der Waals surface area contributed by atoms with E-state index in [-0.39, 0.29) is 0 Å². The molecule has 68 valence electrons. The molecule has 1 saturated heterocycles. The van der Waals surface area contributed by atoms with E-state index in [0.717, 1.165) is 16.7 Å². The lowest BCUT2D eigenvalue weighted by Gasteiger charge is -2.16. The van der Waals surface area contributed by atoms with Crippen LogP contribution >= 0.6 is 15.9 Å². The van der Waals surface area contributed by atoms with Crippen molar-refractivity contribution in [2.45, 2.75) is 6.42 Å². The Morgan fingerprint density at radius 2 is 2.23 bits per heavy atom. The lowest BCUT2D eigenvalue weighted by molar-refractivity contribution is -0.116. The van der Waals surface area contributed by atoms with Crippen molar-refractivity contribution >= 4 is 27.4 Å². The van der Waals surface area contributed by atoms with Crippen LogP contribution in [0.4, 0.5) is 5.69 Å². The third kappa shape index (κ3) is 1.91. The highest BCUT2D eigenvalue weighted by atomic mass is 79.9. The average Bonchev–Trinajstić information content (AvgIpc) is 2.52. The molecule has 1 aliphatic rings. The predicted molar refractivity (Wildman–Crippen MR) is 56.0 cm³/mol. The van der Waals surface area contributed by atoms with Gasteiger partial charge in [-0.25, -0.2) is 0 Å². The molecule has 2 nitrogen and oxygen atoms in total. The van der Waals surface area contributed by atoms with Crippen LogP contribution < -0.4 is 4.90 Å². The normalized spacial score (nSPS) is 16.7. The minimum Gasteiger partial charge on any atom is -0.364 e. The average molecular weight is 240 g/mol. The van der Waals surface area contributed by atoms with Crippen LogP contribution in [0.1, 0.15) is 6.42 Å². The van der Waals surface area contributed by atoms with Gasteiger partial charge in [0, 0.05) is 23.1 Å². The summed E-state index contributed by atoms with van der Waals surface area (Å²) >= 11 is 3.41. The molecule has 0 saturated carbocycles. The summed E-state index contributed by atoms with van der Waals surface area (Å²) in [6.07, 6.45) is 0.687. The molecule has 1 aromatic carbocycles. The minimum atomic E-state index is 0.333. The molecule has 0 atom stereocenters. The number of hydrogen-bond donors (Lipinski definition) is 0. The van der Waals surface area contributed by atoms with Gasteiger partial charge in [-0.2, -0.15) is 0 Å². The maximum Gasteiger partial charge on any atom is 0.153 e. The van der Waals surface area contributed by atoms with Gasteiger partial charge in [-0.1, -0.05) is 22.0 Å². The number of halogens is 1. The van der Waals surface area contributed by atoms with E-state index in [9.17, 15) is 4.79 Å². The Labute approximate surface area is 85.7 Å². The van der Waals surface area contributed by atoms with E-state index in [1.54, 1.807) is 0 Å². The van der Waals surface area contributed by atoms with Crippen LogP contribution in [-0.4, -0.2) is 18.9 Å². The van der Waals surface area contributed by atoms with Crippen LogP contribution in [0.15, 0.2) is 28.7 Å². The molecule has 0 spiro atoms. The number of carbonyl (C=O) groups is 1. The second-order valence-electron chi connectivity index (χ2n) is 3.19. The van der Waals surface area contributed by atoms with E-state index in [1.807, 2.05) is 24.3 Å². The molecule has 3 heteroatoms. The SMILES string of the molecule is O=C1CCN(c2cccc(Br)c2)C1. The molecule has 13 heavy (non-hydrogen) atoms. The highest BCUT2D eigenvalue weighted by Crippen LogP contribution is 2.22. The summed E-state index contributed by atoms with van der Waals surface area (Å²) in [5.41, 5.74) is 1.13. The van der Waals surface area contributed by atoms with Crippen LogP contribution in [0.5, 0.6) is 0 Å². The van der Waals surface area contributed by atoms with Gasteiger partial charge in [0.1, 0.15) is 0 Å². The molecule has 1 aromatic rings. The summed E-state index contributed by atoms with van der Waals surface area (Å²) < 4.78 is 1.06. The number of carbonyl (C=O) groups excluding carboxylic acids is 1. The van der Waals surface area contributed by atoms with Crippen LogP contribution in [0.25, 0.3) is 0 Å². The lowest BCUT2D eigenvalue weighted by atomic mass is 10.3. The number of benzene rings is 1. The van der Waals surface area contributed by atoms with Gasteiger partial charge in [-0.15, -0.1) is 0 Å². The molecule has 1 aliphatic heterocycles. The zero-order chi connectivity index (χ0) is 9.26. The van der Waals surface area contributed by atoms with Crippen LogP contribution in [0.3, 0.4) is 0 Å². The van der Waals surface area contributed by atoms with Gasteiger partial charge in [-0.05, 0) is 18.2 Å². The summed E-state index contributed by atoms with van der Waals surface area (Å²) in [6.45, 7) is 1.42. The molecule has 2 rings (SSSR count). The Balaban J connectivity index is 2.21. The maximum absolute atomic E-state index is 11.1. The number of nitrogens with zero attached hydrogens (tertiary/aromatic N) is 1. The van der Waals surface area contributed by atoms with Crippen molar-refractivity contribution in [1.82, 2.24) is 0 Å². The first-order chi connectivity index (χ1) is 6.25. The number of ketones is 1. The number of Topliss-reactive ketones (excluding diaryl/α,β-unsaturated/α-hetero) is 1. The molecule has 0 N–H and O–H groups in total. The Bertz CT molecular complexity index is 337. The van der Waals surface area contributed by atoms with Gasteiger partial charge in [-0.3, -0.25) is 4.79 Å². The van der Waals surface area contributed by atoms with Crippen molar-refractivity contribution < 1.29 is 4.79 Å². The number of hydrogen-bond acceptors (Lipinski definition) is 2. The Morgan fingerprint density at radius 1 is 1.38 bits per heavy atom. The zero-order valence-corrected chi connectivity index (χ0v) is 8.75. The summed E-state index contributed by atoms with van der Waals surface area (Å²) in [6, 6.07) is 8.05. The summed E-state index contributed by atoms with van der Waals surface area (Å²) in [7, 11) is 0. The molecule has 0 bridgehead atoms. The topological polar surface area (TPSA) is 20.3 Å². The first kappa shape index (κ1) is 8.75. The summed E-state index contributed by atoms with van der Waals surface area (Å²) in [5.74, 6) is 0.333. The van der Waals surface area contributed by atoms with Gasteiger partial charge in [0.25, 0.3) is 0 Å². The molecule has 0 radical (unpaired) electrons. The summed E-state index contributed by atoms with van der Waals surface area (Å²) in [5, 5.41) is 0. The fraction of sp³-hybridized carbons (Fsp3) is 0.300. The highest BCUT2D eigenvalue weighted by molar-refractivity contribution is 9.10. The van der Waals surface area contributed by atoms with Crippen molar-refractivity contribution in [3.63, 3.8) is 0 Å². The van der Waals surface area contributed by atoms with E-state index in [2.05, 4.69) is 20.8 Å². The predicted octanol–water partition coefficient (Wildman–Crippen LogP) is 2.23. The fourth-order valence-corrected chi connectivity index (χ4v) is 1.91. The zero-order valence-electron chi connectivity index (χ0n) is 7.16. The lowest BCUT2D eigenvalue weighted by Crippen LogP contribution is -2.19. The fourth-order valence-electron chi connectivity index (χ4n) is 1.52. The Hall–Kier alpha value is -0.830. The van der Waals surface area contributed by atoms with Gasteiger partial charge in [0.05, 0.1) is 6.54 Å². The molecular weight excluding hydrogens is 230 g/mol. The van der Waals surface area contributed by atoms with Crippen molar-refractivity contribution in [1.29, 1.82) is 0 Å². The third-order valence-electron chi connectivity index (χ3n) is 2.20. The van der Waals surface area contributed by atoms with E-state index in [1.165, 1.54) is 0 Å². The maximum atomic E-state index is 11.1. The van der Waals surface area contributed by atoms with Crippen molar-refractivity contribution in [3.8, 4) is 0 Å². The van der Waals surface area contributed by atoms with E-state index >= 15 is 0 Å². The van der Waals surface area contributed by atoms with Crippen LogP contribution in [0.2, 0.25) is 0 Å². The minimum absolute atomic E-state index is 0.333. The highest BCUT2D eigenvalue weighted by Gasteiger charge is 2.19. The first-order valence-corrected chi connectivity index (χ1v) is 5.07. The van der Waals surface area contributed by atoms with Gasteiger partial charge in [0.2, 0.25) is 0 Å². The first-order valence-electron chi connectivity index (χ1n) is 4.28. The molecule has 1 heterocycles. The number of rotatable bonds is 1. The monoisotopic (exact) mass is 239 g/mol. The van der Waals surface area contributed by atoms with E-state index in [4.69, 9.17) is 0 Å². The van der Waals surface area contributed by atoms with Crippen LogP contribution in [-0.2, 0) is 4.79 Å². The summed E-state index contributed by atoms with van der Waals surface area (Å²) in [4.78, 5) is 13.2. The van der Waals surface area contributed by atoms with Gasteiger partial charge < -0.3 is 4.90 Å².